The fourth-order valence-corrected chi connectivity index (χ4v) is 5.48. The summed E-state index contributed by atoms with van der Waals surface area (Å²) in [4.78, 5) is 15.7. The van der Waals surface area contributed by atoms with Crippen LogP contribution in [-0.4, -0.2) is 23.9 Å². The molecule has 0 radical (unpaired) electrons. The van der Waals surface area contributed by atoms with E-state index < -0.39 is 0 Å². The molecule has 0 spiro atoms. The third-order valence-electron chi connectivity index (χ3n) is 7.34. The number of piperidine rings is 1. The molecular formula is C36H50ClN3O. The van der Waals surface area contributed by atoms with Crippen molar-refractivity contribution in [2.24, 2.45) is 0 Å². The van der Waals surface area contributed by atoms with E-state index in [-0.39, 0.29) is 11.4 Å². The number of carbonyl (C=O) groups is 1. The molecule has 1 heterocycles. The van der Waals surface area contributed by atoms with Crippen molar-refractivity contribution in [3.63, 3.8) is 0 Å². The van der Waals surface area contributed by atoms with Gasteiger partial charge in [0.25, 0.3) is 5.91 Å². The van der Waals surface area contributed by atoms with Gasteiger partial charge in [0.2, 0.25) is 0 Å². The third-order valence-corrected chi connectivity index (χ3v) is 7.57. The summed E-state index contributed by atoms with van der Waals surface area (Å²) in [5.41, 5.74) is 6.33. The molecular weight excluding hydrogens is 526 g/mol. The second-order valence-electron chi connectivity index (χ2n) is 10.2. The summed E-state index contributed by atoms with van der Waals surface area (Å²) < 4.78 is 0. The number of hydrogen-bond acceptors (Lipinski definition) is 3. The van der Waals surface area contributed by atoms with Crippen molar-refractivity contribution in [2.45, 2.75) is 86.1 Å². The molecule has 0 aromatic heterocycles. The van der Waals surface area contributed by atoms with Crippen LogP contribution in [0.15, 0.2) is 73.3 Å². The van der Waals surface area contributed by atoms with Crippen molar-refractivity contribution in [3.8, 4) is 0 Å². The van der Waals surface area contributed by atoms with E-state index in [1.807, 2.05) is 88.4 Å². The largest absolute Gasteiger partial charge is 0.376 e. The number of hydrogen-bond donors (Lipinski definition) is 2. The SMILES string of the molecule is C=C(c1ccc(C(=O)Nc2ccccc2C(C)(CCC)Nc2ccc(Cl)cc2C)cc1)N1CCCCC1.CC.CC. The molecule has 41 heavy (non-hydrogen) atoms. The van der Waals surface area contributed by atoms with Crippen LogP contribution in [0.2, 0.25) is 5.02 Å². The lowest BCUT2D eigenvalue weighted by atomic mass is 9.85. The molecule has 1 amide bonds. The predicted molar refractivity (Wildman–Crippen MR) is 180 cm³/mol. The van der Waals surface area contributed by atoms with E-state index >= 15 is 0 Å². The zero-order chi connectivity index (χ0) is 30.4. The fraction of sp³-hybridized carbons (Fsp3) is 0.417. The van der Waals surface area contributed by atoms with E-state index in [0.717, 1.165) is 64.7 Å². The molecule has 1 fully saturated rings. The molecule has 3 aromatic rings. The monoisotopic (exact) mass is 575 g/mol. The van der Waals surface area contributed by atoms with Crippen LogP contribution in [0.1, 0.15) is 101 Å². The van der Waals surface area contributed by atoms with Gasteiger partial charge in [0.15, 0.2) is 0 Å². The quantitative estimate of drug-likeness (QED) is 0.267. The van der Waals surface area contributed by atoms with Gasteiger partial charge in [-0.25, -0.2) is 0 Å². The number of rotatable bonds is 9. The lowest BCUT2D eigenvalue weighted by Crippen LogP contribution is -2.33. The third kappa shape index (κ3) is 9.13. The van der Waals surface area contributed by atoms with Crippen LogP contribution in [0.25, 0.3) is 5.70 Å². The molecule has 1 aliphatic heterocycles. The normalized spacial score (nSPS) is 13.9. The maximum Gasteiger partial charge on any atom is 0.255 e. The first-order chi connectivity index (χ1) is 19.8. The minimum Gasteiger partial charge on any atom is -0.376 e. The Hall–Kier alpha value is -3.24. The standard InChI is InChI=1S/C32H38ClN3O.2C2H6/c1-5-19-32(4,35-29-18-17-27(33)22-23(29)2)28-11-7-8-12-30(28)34-31(37)26-15-13-25(14-16-26)24(3)36-20-9-6-10-21-36;2*1-2/h7-8,11-18,22,35H,3,5-6,9-10,19-21H2,1-2,4H3,(H,34,37);2*1-2H3. The first kappa shape index (κ1) is 34.0. The highest BCUT2D eigenvalue weighted by Gasteiger charge is 2.29. The minimum atomic E-state index is -0.382. The Balaban J connectivity index is 0.00000141. The van der Waals surface area contributed by atoms with Crippen molar-refractivity contribution in [1.82, 2.24) is 4.90 Å². The Morgan fingerprint density at radius 1 is 0.902 bits per heavy atom. The van der Waals surface area contributed by atoms with Gasteiger partial charge >= 0.3 is 0 Å². The van der Waals surface area contributed by atoms with Crippen molar-refractivity contribution in [3.05, 3.63) is 101 Å². The van der Waals surface area contributed by atoms with E-state index in [0.29, 0.717) is 5.56 Å². The molecule has 1 saturated heterocycles. The number of anilines is 2. The number of para-hydroxylation sites is 1. The average Bonchev–Trinajstić information content (AvgIpc) is 3.01. The van der Waals surface area contributed by atoms with Gasteiger partial charge in [-0.15, -0.1) is 0 Å². The number of halogens is 1. The average molecular weight is 576 g/mol. The van der Waals surface area contributed by atoms with Gasteiger partial charge in [-0.05, 0) is 87.1 Å². The van der Waals surface area contributed by atoms with E-state index in [9.17, 15) is 4.79 Å². The van der Waals surface area contributed by atoms with Crippen LogP contribution >= 0.6 is 11.6 Å². The van der Waals surface area contributed by atoms with Gasteiger partial charge in [-0.3, -0.25) is 4.79 Å². The minimum absolute atomic E-state index is 0.121. The van der Waals surface area contributed by atoms with Crippen molar-refractivity contribution >= 4 is 34.6 Å². The van der Waals surface area contributed by atoms with Gasteiger partial charge in [-0.1, -0.05) is 89.6 Å². The van der Waals surface area contributed by atoms with Crippen molar-refractivity contribution in [2.75, 3.05) is 23.7 Å². The molecule has 0 aliphatic carbocycles. The molecule has 4 rings (SSSR count). The number of amides is 1. The molecule has 1 aliphatic rings. The molecule has 1 unspecified atom stereocenters. The fourth-order valence-electron chi connectivity index (χ4n) is 5.26. The smallest absolute Gasteiger partial charge is 0.255 e. The van der Waals surface area contributed by atoms with Gasteiger partial charge in [0.05, 0.1) is 5.54 Å². The maximum atomic E-state index is 13.3. The van der Waals surface area contributed by atoms with Gasteiger partial charge in [0, 0.05) is 46.3 Å². The van der Waals surface area contributed by atoms with Gasteiger partial charge in [0.1, 0.15) is 0 Å². The van der Waals surface area contributed by atoms with E-state index in [2.05, 4.69) is 49.0 Å². The Kier molecular flexibility index (Phi) is 14.0. The lowest BCUT2D eigenvalue weighted by molar-refractivity contribution is 0.102. The summed E-state index contributed by atoms with van der Waals surface area (Å²) in [6.45, 7) is 20.8. The summed E-state index contributed by atoms with van der Waals surface area (Å²) in [6.07, 6.45) is 5.59. The second-order valence-corrected chi connectivity index (χ2v) is 10.7. The van der Waals surface area contributed by atoms with Crippen LogP contribution in [-0.2, 0) is 5.54 Å². The summed E-state index contributed by atoms with van der Waals surface area (Å²) in [5, 5.41) is 7.65. The number of benzene rings is 3. The van der Waals surface area contributed by atoms with Crippen LogP contribution in [0.3, 0.4) is 0 Å². The highest BCUT2D eigenvalue weighted by molar-refractivity contribution is 6.30. The summed E-state index contributed by atoms with van der Waals surface area (Å²) in [5.74, 6) is -0.121. The number of nitrogens with zero attached hydrogens (tertiary/aromatic N) is 1. The van der Waals surface area contributed by atoms with E-state index in [1.165, 1.54) is 19.3 Å². The predicted octanol–water partition coefficient (Wildman–Crippen LogP) is 10.5. The molecule has 0 bridgehead atoms. The summed E-state index contributed by atoms with van der Waals surface area (Å²) in [6, 6.07) is 21.7. The lowest BCUT2D eigenvalue weighted by Gasteiger charge is -2.35. The summed E-state index contributed by atoms with van der Waals surface area (Å²) >= 11 is 6.19. The zero-order valence-corrected chi connectivity index (χ0v) is 27.0. The summed E-state index contributed by atoms with van der Waals surface area (Å²) in [7, 11) is 0. The number of aryl methyl sites for hydroxylation is 1. The number of likely N-dealkylation sites (tertiary alicyclic amines) is 1. The Morgan fingerprint density at radius 3 is 2.12 bits per heavy atom. The number of carbonyl (C=O) groups excluding carboxylic acids is 1. The van der Waals surface area contributed by atoms with Crippen LogP contribution < -0.4 is 10.6 Å². The van der Waals surface area contributed by atoms with Gasteiger partial charge < -0.3 is 15.5 Å². The highest BCUT2D eigenvalue weighted by Crippen LogP contribution is 2.37. The molecule has 4 nitrogen and oxygen atoms in total. The van der Waals surface area contributed by atoms with E-state index in [4.69, 9.17) is 11.6 Å². The zero-order valence-electron chi connectivity index (χ0n) is 26.2. The molecule has 0 saturated carbocycles. The second kappa shape index (κ2) is 16.9. The van der Waals surface area contributed by atoms with Crippen molar-refractivity contribution in [1.29, 1.82) is 0 Å². The Morgan fingerprint density at radius 2 is 1.51 bits per heavy atom. The topological polar surface area (TPSA) is 44.4 Å². The Labute approximate surface area is 254 Å². The van der Waals surface area contributed by atoms with Crippen LogP contribution in [0, 0.1) is 6.92 Å². The first-order valence-corrected chi connectivity index (χ1v) is 15.7. The molecule has 222 valence electrons. The molecule has 2 N–H and O–H groups in total. The molecule has 1 atom stereocenters. The Bertz CT molecular complexity index is 1250. The van der Waals surface area contributed by atoms with E-state index in [1.54, 1.807) is 0 Å². The first-order valence-electron chi connectivity index (χ1n) is 15.3. The molecule has 5 heteroatoms. The van der Waals surface area contributed by atoms with Gasteiger partial charge in [-0.2, -0.15) is 0 Å². The van der Waals surface area contributed by atoms with Crippen molar-refractivity contribution < 1.29 is 4.79 Å². The van der Waals surface area contributed by atoms with Crippen LogP contribution in [0.4, 0.5) is 11.4 Å². The molecule has 3 aromatic carbocycles. The highest BCUT2D eigenvalue weighted by atomic mass is 35.5. The maximum absolute atomic E-state index is 13.3. The number of nitrogens with one attached hydrogen (secondary N) is 2. The van der Waals surface area contributed by atoms with Crippen LogP contribution in [0.5, 0.6) is 0 Å².